The highest BCUT2D eigenvalue weighted by molar-refractivity contribution is 5.94. The number of carbonyl (C=O) groups excluding carboxylic acids is 1. The SMILES string of the molecule is Cc1cccc(Cn2cccc(C(=O)NC3CCOc4c(C)cc(C)cc43)c2=O)c1. The van der Waals surface area contributed by atoms with E-state index in [1.165, 1.54) is 0 Å². The summed E-state index contributed by atoms with van der Waals surface area (Å²) in [4.78, 5) is 26.0. The number of benzene rings is 2. The monoisotopic (exact) mass is 402 g/mol. The molecule has 5 heteroatoms. The van der Waals surface area contributed by atoms with Crippen molar-refractivity contribution >= 4 is 5.91 Å². The van der Waals surface area contributed by atoms with E-state index in [9.17, 15) is 9.59 Å². The molecule has 1 N–H and O–H groups in total. The van der Waals surface area contributed by atoms with Crippen molar-refractivity contribution in [3.05, 3.63) is 98.5 Å². The smallest absolute Gasteiger partial charge is 0.263 e. The normalized spacial score (nSPS) is 15.2. The van der Waals surface area contributed by atoms with Gasteiger partial charge in [0.1, 0.15) is 11.3 Å². The van der Waals surface area contributed by atoms with Crippen molar-refractivity contribution in [3.63, 3.8) is 0 Å². The van der Waals surface area contributed by atoms with Crippen LogP contribution in [-0.4, -0.2) is 17.1 Å². The van der Waals surface area contributed by atoms with E-state index in [1.54, 1.807) is 22.9 Å². The van der Waals surface area contributed by atoms with Crippen LogP contribution in [0.5, 0.6) is 5.75 Å². The number of aromatic nitrogens is 1. The maximum atomic E-state index is 13.0. The minimum atomic E-state index is -0.351. The van der Waals surface area contributed by atoms with Crippen molar-refractivity contribution in [1.82, 2.24) is 9.88 Å². The number of ether oxygens (including phenoxy) is 1. The predicted molar refractivity (Wildman–Crippen MR) is 117 cm³/mol. The maximum Gasteiger partial charge on any atom is 0.263 e. The fourth-order valence-corrected chi connectivity index (χ4v) is 4.10. The van der Waals surface area contributed by atoms with Crippen molar-refractivity contribution in [2.45, 2.75) is 39.8 Å². The molecule has 5 nitrogen and oxygen atoms in total. The number of amides is 1. The van der Waals surface area contributed by atoms with Crippen LogP contribution in [0, 0.1) is 20.8 Å². The molecule has 1 aliphatic heterocycles. The maximum absolute atomic E-state index is 13.0. The molecule has 1 atom stereocenters. The number of nitrogens with zero attached hydrogens (tertiary/aromatic N) is 1. The van der Waals surface area contributed by atoms with Crippen LogP contribution in [0.3, 0.4) is 0 Å². The number of nitrogens with one attached hydrogen (secondary N) is 1. The highest BCUT2D eigenvalue weighted by Crippen LogP contribution is 2.35. The van der Waals surface area contributed by atoms with Crippen molar-refractivity contribution in [2.24, 2.45) is 0 Å². The summed E-state index contributed by atoms with van der Waals surface area (Å²) in [5, 5.41) is 3.05. The Labute approximate surface area is 176 Å². The first-order valence-corrected chi connectivity index (χ1v) is 10.2. The second kappa shape index (κ2) is 8.19. The third kappa shape index (κ3) is 4.01. The Morgan fingerprint density at radius 1 is 1.10 bits per heavy atom. The zero-order valence-electron chi connectivity index (χ0n) is 17.6. The number of aryl methyl sites for hydroxylation is 3. The summed E-state index contributed by atoms with van der Waals surface area (Å²) in [6, 6.07) is 15.3. The molecule has 154 valence electrons. The molecule has 1 amide bonds. The molecule has 4 rings (SSSR count). The first kappa shape index (κ1) is 20.0. The summed E-state index contributed by atoms with van der Waals surface area (Å²) >= 11 is 0. The number of carbonyl (C=O) groups is 1. The highest BCUT2D eigenvalue weighted by Gasteiger charge is 2.26. The lowest BCUT2D eigenvalue weighted by molar-refractivity contribution is 0.0922. The lowest BCUT2D eigenvalue weighted by atomic mass is 9.95. The summed E-state index contributed by atoms with van der Waals surface area (Å²) in [6.07, 6.45) is 2.39. The Morgan fingerprint density at radius 3 is 2.73 bits per heavy atom. The summed E-state index contributed by atoms with van der Waals surface area (Å²) in [5.74, 6) is 0.484. The molecule has 30 heavy (non-hydrogen) atoms. The minimum absolute atomic E-state index is 0.155. The molecule has 0 saturated heterocycles. The standard InChI is InChI=1S/C25H26N2O3/c1-16-6-4-7-19(13-16)15-27-10-5-8-20(25(27)29)24(28)26-22-9-11-30-23-18(3)12-17(2)14-21(22)23/h4-8,10,12-14,22H,9,11,15H2,1-3H3,(H,26,28). The van der Waals surface area contributed by atoms with E-state index >= 15 is 0 Å². The molecule has 2 heterocycles. The van der Waals surface area contributed by atoms with E-state index < -0.39 is 0 Å². The third-order valence-electron chi connectivity index (χ3n) is 5.48. The summed E-state index contributed by atoms with van der Waals surface area (Å²) < 4.78 is 7.41. The fraction of sp³-hybridized carbons (Fsp3) is 0.280. The number of pyridine rings is 1. The molecular formula is C25H26N2O3. The molecule has 1 unspecified atom stereocenters. The molecule has 0 saturated carbocycles. The van der Waals surface area contributed by atoms with Crippen LogP contribution in [0.2, 0.25) is 0 Å². The second-order valence-electron chi connectivity index (χ2n) is 8.01. The largest absolute Gasteiger partial charge is 0.493 e. The van der Waals surface area contributed by atoms with Crippen molar-refractivity contribution in [1.29, 1.82) is 0 Å². The quantitative estimate of drug-likeness (QED) is 0.715. The van der Waals surface area contributed by atoms with Gasteiger partial charge in [0.2, 0.25) is 0 Å². The lowest BCUT2D eigenvalue weighted by Crippen LogP contribution is -2.37. The van der Waals surface area contributed by atoms with Gasteiger partial charge in [-0.15, -0.1) is 0 Å². The van der Waals surface area contributed by atoms with Gasteiger partial charge >= 0.3 is 0 Å². The minimum Gasteiger partial charge on any atom is -0.493 e. The van der Waals surface area contributed by atoms with Gasteiger partial charge in [0.25, 0.3) is 11.5 Å². The molecule has 0 spiro atoms. The Morgan fingerprint density at radius 2 is 1.93 bits per heavy atom. The van der Waals surface area contributed by atoms with Gasteiger partial charge in [-0.1, -0.05) is 47.5 Å². The Bertz CT molecular complexity index is 1160. The molecule has 1 aliphatic rings. The molecule has 0 aliphatic carbocycles. The number of rotatable bonds is 4. The van der Waals surface area contributed by atoms with Crippen LogP contribution in [0.4, 0.5) is 0 Å². The molecule has 2 aromatic carbocycles. The topological polar surface area (TPSA) is 60.3 Å². The van der Waals surface area contributed by atoms with Crippen LogP contribution in [0.25, 0.3) is 0 Å². The molecule has 0 fully saturated rings. The molecule has 1 aromatic heterocycles. The molecule has 0 bridgehead atoms. The predicted octanol–water partition coefficient (Wildman–Crippen LogP) is 4.08. The summed E-state index contributed by atoms with van der Waals surface area (Å²) in [5.41, 5.74) is 5.19. The Balaban J connectivity index is 1.59. The van der Waals surface area contributed by atoms with Crippen molar-refractivity contribution in [3.8, 4) is 5.75 Å². The first-order valence-electron chi connectivity index (χ1n) is 10.2. The van der Waals surface area contributed by atoms with Gasteiger partial charge in [-0.2, -0.15) is 0 Å². The summed E-state index contributed by atoms with van der Waals surface area (Å²) in [7, 11) is 0. The second-order valence-corrected chi connectivity index (χ2v) is 8.01. The van der Waals surface area contributed by atoms with Gasteiger partial charge in [0.15, 0.2) is 0 Å². The van der Waals surface area contributed by atoms with E-state index in [4.69, 9.17) is 4.74 Å². The van der Waals surface area contributed by atoms with Crippen LogP contribution in [0.1, 0.15) is 50.6 Å². The number of hydrogen-bond acceptors (Lipinski definition) is 3. The van der Waals surface area contributed by atoms with E-state index in [2.05, 4.69) is 11.4 Å². The Kier molecular flexibility index (Phi) is 5.44. The van der Waals surface area contributed by atoms with Crippen LogP contribution in [0.15, 0.2) is 59.5 Å². The van der Waals surface area contributed by atoms with Gasteiger partial charge in [0, 0.05) is 18.2 Å². The highest BCUT2D eigenvalue weighted by atomic mass is 16.5. The van der Waals surface area contributed by atoms with E-state index in [-0.39, 0.29) is 23.1 Å². The van der Waals surface area contributed by atoms with Crippen LogP contribution >= 0.6 is 0 Å². The van der Waals surface area contributed by atoms with Crippen molar-refractivity contribution < 1.29 is 9.53 Å². The lowest BCUT2D eigenvalue weighted by Gasteiger charge is -2.28. The zero-order valence-corrected chi connectivity index (χ0v) is 17.6. The van der Waals surface area contributed by atoms with Gasteiger partial charge in [-0.25, -0.2) is 0 Å². The number of hydrogen-bond donors (Lipinski definition) is 1. The first-order chi connectivity index (χ1) is 14.4. The van der Waals surface area contributed by atoms with E-state index in [0.29, 0.717) is 19.6 Å². The third-order valence-corrected chi connectivity index (χ3v) is 5.48. The molecule has 3 aromatic rings. The van der Waals surface area contributed by atoms with Gasteiger partial charge in [-0.3, -0.25) is 9.59 Å². The van der Waals surface area contributed by atoms with E-state index in [1.807, 2.05) is 51.1 Å². The van der Waals surface area contributed by atoms with E-state index in [0.717, 1.165) is 33.6 Å². The van der Waals surface area contributed by atoms with Crippen LogP contribution < -0.4 is 15.6 Å². The average Bonchev–Trinajstić information content (AvgIpc) is 2.70. The average molecular weight is 402 g/mol. The van der Waals surface area contributed by atoms with Gasteiger partial charge in [-0.05, 0) is 44.0 Å². The molecule has 0 radical (unpaired) electrons. The van der Waals surface area contributed by atoms with Gasteiger partial charge in [0.05, 0.1) is 19.2 Å². The van der Waals surface area contributed by atoms with Gasteiger partial charge < -0.3 is 14.6 Å². The molecular weight excluding hydrogens is 376 g/mol. The zero-order chi connectivity index (χ0) is 21.3. The van der Waals surface area contributed by atoms with Crippen LogP contribution in [-0.2, 0) is 6.54 Å². The van der Waals surface area contributed by atoms with Crippen molar-refractivity contribution in [2.75, 3.05) is 6.61 Å². The Hall–Kier alpha value is -3.34. The number of fused-ring (bicyclic) bond motifs is 1. The summed E-state index contributed by atoms with van der Waals surface area (Å²) in [6.45, 7) is 7.03. The fourth-order valence-electron chi connectivity index (χ4n) is 4.10.